The Bertz CT molecular complexity index is 295. The molecule has 0 aromatic heterocycles. The van der Waals surface area contributed by atoms with Crippen LogP contribution in [-0.2, 0) is 9.59 Å². The van der Waals surface area contributed by atoms with Gasteiger partial charge < -0.3 is 10.0 Å². The Labute approximate surface area is 103 Å². The second kappa shape index (κ2) is 5.52. The van der Waals surface area contributed by atoms with Crippen LogP contribution in [0.25, 0.3) is 0 Å². The van der Waals surface area contributed by atoms with Gasteiger partial charge in [0.05, 0.1) is 0 Å². The van der Waals surface area contributed by atoms with Gasteiger partial charge in [0.25, 0.3) is 0 Å². The van der Waals surface area contributed by atoms with Gasteiger partial charge in [0.2, 0.25) is 5.91 Å². The molecule has 98 valence electrons. The quantitative estimate of drug-likeness (QED) is 0.803. The highest BCUT2D eigenvalue weighted by Crippen LogP contribution is 2.39. The number of hydrogen-bond acceptors (Lipinski definition) is 2. The van der Waals surface area contributed by atoms with Gasteiger partial charge in [0.15, 0.2) is 0 Å². The minimum Gasteiger partial charge on any atom is -0.480 e. The Balaban J connectivity index is 2.81. The van der Waals surface area contributed by atoms with Crippen molar-refractivity contribution in [2.24, 2.45) is 5.41 Å². The minimum absolute atomic E-state index is 0.00368. The van der Waals surface area contributed by atoms with Gasteiger partial charge >= 0.3 is 5.97 Å². The SMILES string of the molecule is CCC(C)N(CC(=O)O)C(=O)C1(C)CCCC1. The average Bonchev–Trinajstić information content (AvgIpc) is 2.72. The third kappa shape index (κ3) is 3.20. The molecular weight excluding hydrogens is 218 g/mol. The van der Waals surface area contributed by atoms with E-state index >= 15 is 0 Å². The van der Waals surface area contributed by atoms with E-state index in [0.717, 1.165) is 32.1 Å². The fourth-order valence-corrected chi connectivity index (χ4v) is 2.51. The molecule has 1 saturated carbocycles. The zero-order chi connectivity index (χ0) is 13.1. The zero-order valence-corrected chi connectivity index (χ0v) is 11.0. The van der Waals surface area contributed by atoms with Crippen LogP contribution in [0.1, 0.15) is 52.9 Å². The fourth-order valence-electron chi connectivity index (χ4n) is 2.51. The molecule has 1 atom stereocenters. The molecule has 0 radical (unpaired) electrons. The predicted octanol–water partition coefficient (Wildman–Crippen LogP) is 2.28. The van der Waals surface area contributed by atoms with Crippen molar-refractivity contribution in [1.29, 1.82) is 0 Å². The lowest BCUT2D eigenvalue weighted by molar-refractivity contribution is -0.151. The summed E-state index contributed by atoms with van der Waals surface area (Å²) in [5.41, 5.74) is -0.334. The van der Waals surface area contributed by atoms with Crippen LogP contribution in [0.3, 0.4) is 0 Å². The summed E-state index contributed by atoms with van der Waals surface area (Å²) in [4.78, 5) is 24.9. The molecule has 1 aliphatic carbocycles. The molecule has 17 heavy (non-hydrogen) atoms. The number of carbonyl (C=O) groups is 2. The highest BCUT2D eigenvalue weighted by Gasteiger charge is 2.40. The van der Waals surface area contributed by atoms with Crippen molar-refractivity contribution >= 4 is 11.9 Å². The van der Waals surface area contributed by atoms with Crippen molar-refractivity contribution in [3.63, 3.8) is 0 Å². The number of aliphatic carboxylic acids is 1. The second-order valence-corrected chi connectivity index (χ2v) is 5.35. The molecule has 1 N–H and O–H groups in total. The van der Waals surface area contributed by atoms with E-state index in [0.29, 0.717) is 0 Å². The molecule has 0 aliphatic heterocycles. The Morgan fingerprint density at radius 3 is 2.29 bits per heavy atom. The lowest BCUT2D eigenvalue weighted by Crippen LogP contribution is -2.48. The number of carboxylic acid groups (broad SMARTS) is 1. The molecule has 4 nitrogen and oxygen atoms in total. The first kappa shape index (κ1) is 14.0. The summed E-state index contributed by atoms with van der Waals surface area (Å²) in [6.45, 7) is 5.69. The maximum absolute atomic E-state index is 12.5. The highest BCUT2D eigenvalue weighted by atomic mass is 16.4. The maximum atomic E-state index is 12.5. The van der Waals surface area contributed by atoms with Crippen molar-refractivity contribution in [3.05, 3.63) is 0 Å². The van der Waals surface area contributed by atoms with Gasteiger partial charge in [-0.25, -0.2) is 0 Å². The third-order valence-electron chi connectivity index (χ3n) is 3.91. The molecule has 1 rings (SSSR count). The van der Waals surface area contributed by atoms with Gasteiger partial charge in [0, 0.05) is 11.5 Å². The van der Waals surface area contributed by atoms with Crippen LogP contribution >= 0.6 is 0 Å². The zero-order valence-electron chi connectivity index (χ0n) is 11.0. The molecule has 1 aliphatic rings. The van der Waals surface area contributed by atoms with Crippen molar-refractivity contribution in [1.82, 2.24) is 4.90 Å². The second-order valence-electron chi connectivity index (χ2n) is 5.35. The molecule has 0 heterocycles. The van der Waals surface area contributed by atoms with E-state index in [2.05, 4.69) is 0 Å². The molecule has 1 amide bonds. The lowest BCUT2D eigenvalue weighted by Gasteiger charge is -2.34. The third-order valence-corrected chi connectivity index (χ3v) is 3.91. The molecule has 1 fully saturated rings. The summed E-state index contributed by atoms with van der Waals surface area (Å²) in [6.07, 6.45) is 4.71. The van der Waals surface area contributed by atoms with Gasteiger partial charge in [-0.3, -0.25) is 9.59 Å². The van der Waals surface area contributed by atoms with Gasteiger partial charge in [-0.2, -0.15) is 0 Å². The molecule has 0 bridgehead atoms. The van der Waals surface area contributed by atoms with E-state index in [4.69, 9.17) is 5.11 Å². The molecule has 0 spiro atoms. The Hall–Kier alpha value is -1.06. The van der Waals surface area contributed by atoms with E-state index < -0.39 is 5.97 Å². The molecule has 1 unspecified atom stereocenters. The Morgan fingerprint density at radius 2 is 1.88 bits per heavy atom. The van der Waals surface area contributed by atoms with Crippen molar-refractivity contribution in [2.75, 3.05) is 6.54 Å². The number of nitrogens with zero attached hydrogens (tertiary/aromatic N) is 1. The predicted molar refractivity (Wildman–Crippen MR) is 65.7 cm³/mol. The molecule has 0 aromatic rings. The first-order valence-corrected chi connectivity index (χ1v) is 6.43. The molecule has 4 heteroatoms. The van der Waals surface area contributed by atoms with Crippen LogP contribution in [-0.4, -0.2) is 34.5 Å². The van der Waals surface area contributed by atoms with Crippen molar-refractivity contribution < 1.29 is 14.7 Å². The fraction of sp³-hybridized carbons (Fsp3) is 0.846. The first-order valence-electron chi connectivity index (χ1n) is 6.43. The number of rotatable bonds is 5. The lowest BCUT2D eigenvalue weighted by atomic mass is 9.86. The maximum Gasteiger partial charge on any atom is 0.323 e. The first-order chi connectivity index (χ1) is 7.90. The van der Waals surface area contributed by atoms with Crippen LogP contribution < -0.4 is 0 Å². The van der Waals surface area contributed by atoms with Crippen LogP contribution in [0.2, 0.25) is 0 Å². The molecular formula is C13H23NO3. The van der Waals surface area contributed by atoms with Crippen LogP contribution in [0.5, 0.6) is 0 Å². The highest BCUT2D eigenvalue weighted by molar-refractivity contribution is 5.86. The monoisotopic (exact) mass is 241 g/mol. The van der Waals surface area contributed by atoms with E-state index in [1.165, 1.54) is 4.90 Å². The number of hydrogen-bond donors (Lipinski definition) is 1. The normalized spacial score (nSPS) is 19.9. The number of amides is 1. The van der Waals surface area contributed by atoms with Gasteiger partial charge in [-0.05, 0) is 26.2 Å². The minimum atomic E-state index is -0.930. The Kier molecular flexibility index (Phi) is 4.54. The standard InChI is InChI=1S/C13H23NO3/c1-4-10(2)14(9-11(15)16)12(17)13(3)7-5-6-8-13/h10H,4-9H2,1-3H3,(H,15,16). The summed E-state index contributed by atoms with van der Waals surface area (Å²) in [6, 6.07) is -0.00368. The van der Waals surface area contributed by atoms with E-state index in [1.807, 2.05) is 20.8 Å². The smallest absolute Gasteiger partial charge is 0.323 e. The topological polar surface area (TPSA) is 57.6 Å². The molecule has 0 aromatic carbocycles. The Morgan fingerprint density at radius 1 is 1.35 bits per heavy atom. The van der Waals surface area contributed by atoms with E-state index in [1.54, 1.807) is 0 Å². The van der Waals surface area contributed by atoms with Crippen molar-refractivity contribution in [2.45, 2.75) is 58.9 Å². The van der Waals surface area contributed by atoms with Crippen LogP contribution in [0.4, 0.5) is 0 Å². The van der Waals surface area contributed by atoms with Gasteiger partial charge in [-0.15, -0.1) is 0 Å². The average molecular weight is 241 g/mol. The summed E-state index contributed by atoms with van der Waals surface area (Å²) >= 11 is 0. The van der Waals surface area contributed by atoms with Gasteiger partial charge in [-0.1, -0.05) is 26.7 Å². The van der Waals surface area contributed by atoms with Crippen LogP contribution in [0, 0.1) is 5.41 Å². The summed E-state index contributed by atoms with van der Waals surface area (Å²) in [7, 11) is 0. The number of carboxylic acids is 1. The largest absolute Gasteiger partial charge is 0.480 e. The summed E-state index contributed by atoms with van der Waals surface area (Å²) in [5, 5.41) is 8.91. The van der Waals surface area contributed by atoms with Crippen molar-refractivity contribution in [3.8, 4) is 0 Å². The van der Waals surface area contributed by atoms with Crippen LogP contribution in [0.15, 0.2) is 0 Å². The van der Waals surface area contributed by atoms with Gasteiger partial charge in [0.1, 0.15) is 6.54 Å². The van der Waals surface area contributed by atoms with E-state index in [9.17, 15) is 9.59 Å². The summed E-state index contributed by atoms with van der Waals surface area (Å²) in [5.74, 6) is -0.910. The summed E-state index contributed by atoms with van der Waals surface area (Å²) < 4.78 is 0. The van der Waals surface area contributed by atoms with E-state index in [-0.39, 0.29) is 23.9 Å². The number of carbonyl (C=O) groups excluding carboxylic acids is 1. The molecule has 0 saturated heterocycles.